The predicted molar refractivity (Wildman–Crippen MR) is 95.4 cm³/mol. The van der Waals surface area contributed by atoms with Crippen LogP contribution in [0, 0.1) is 13.8 Å². The van der Waals surface area contributed by atoms with E-state index in [0.29, 0.717) is 0 Å². The number of ether oxygens (including phenoxy) is 1. The first-order valence-electron chi connectivity index (χ1n) is 7.69. The van der Waals surface area contributed by atoms with Crippen molar-refractivity contribution < 1.29 is 9.53 Å². The number of carbonyl (C=O) groups is 1. The zero-order chi connectivity index (χ0) is 17.0. The molecule has 0 aliphatic heterocycles. The van der Waals surface area contributed by atoms with Crippen LogP contribution in [-0.4, -0.2) is 26.1 Å². The molecule has 0 aliphatic carbocycles. The number of carbonyl (C=O) groups excluding carboxylic acids is 1. The van der Waals surface area contributed by atoms with Gasteiger partial charge in [-0.3, -0.25) is 4.79 Å². The summed E-state index contributed by atoms with van der Waals surface area (Å²) in [5.41, 5.74) is 4.05. The Balaban J connectivity index is 2.01. The van der Waals surface area contributed by atoms with Crippen molar-refractivity contribution >= 4 is 17.3 Å². The Morgan fingerprint density at radius 3 is 2.35 bits per heavy atom. The highest BCUT2D eigenvalue weighted by Crippen LogP contribution is 2.22. The van der Waals surface area contributed by atoms with E-state index in [2.05, 4.69) is 5.32 Å². The second-order valence-corrected chi connectivity index (χ2v) is 5.89. The van der Waals surface area contributed by atoms with E-state index in [1.807, 2.05) is 75.3 Å². The number of benzene rings is 2. The van der Waals surface area contributed by atoms with Crippen LogP contribution >= 0.6 is 0 Å². The zero-order valence-corrected chi connectivity index (χ0v) is 14.4. The molecule has 1 unspecified atom stereocenters. The van der Waals surface area contributed by atoms with Crippen molar-refractivity contribution in [1.82, 2.24) is 0 Å². The standard InChI is InChI=1S/C19H24N2O2/c1-13-7-6-8-18(14(13)2)23-15(3)19(22)20-16-9-11-17(12-10-16)21(4)5/h6-12,15H,1-5H3,(H,20,22). The second-order valence-electron chi connectivity index (χ2n) is 5.89. The van der Waals surface area contributed by atoms with Gasteiger partial charge in [-0.1, -0.05) is 12.1 Å². The summed E-state index contributed by atoms with van der Waals surface area (Å²) in [5, 5.41) is 2.88. The molecule has 0 bridgehead atoms. The highest BCUT2D eigenvalue weighted by Gasteiger charge is 2.16. The highest BCUT2D eigenvalue weighted by molar-refractivity contribution is 5.94. The van der Waals surface area contributed by atoms with Gasteiger partial charge in [-0.2, -0.15) is 0 Å². The van der Waals surface area contributed by atoms with E-state index in [1.165, 1.54) is 0 Å². The van der Waals surface area contributed by atoms with Gasteiger partial charge in [0.15, 0.2) is 6.10 Å². The number of nitrogens with one attached hydrogen (secondary N) is 1. The van der Waals surface area contributed by atoms with Crippen LogP contribution in [0.4, 0.5) is 11.4 Å². The molecule has 1 amide bonds. The lowest BCUT2D eigenvalue weighted by molar-refractivity contribution is -0.122. The number of aryl methyl sites for hydroxylation is 1. The molecule has 23 heavy (non-hydrogen) atoms. The van der Waals surface area contributed by atoms with E-state index in [4.69, 9.17) is 4.74 Å². The minimum absolute atomic E-state index is 0.163. The van der Waals surface area contributed by atoms with Gasteiger partial charge in [-0.15, -0.1) is 0 Å². The van der Waals surface area contributed by atoms with Crippen molar-refractivity contribution in [2.24, 2.45) is 0 Å². The molecular weight excluding hydrogens is 288 g/mol. The van der Waals surface area contributed by atoms with Crippen LogP contribution < -0.4 is 15.0 Å². The summed E-state index contributed by atoms with van der Waals surface area (Å²) in [5.74, 6) is 0.583. The van der Waals surface area contributed by atoms with Gasteiger partial charge >= 0.3 is 0 Å². The fraction of sp³-hybridized carbons (Fsp3) is 0.316. The molecule has 2 aromatic rings. The smallest absolute Gasteiger partial charge is 0.265 e. The first kappa shape index (κ1) is 16.9. The van der Waals surface area contributed by atoms with Gasteiger partial charge in [0.1, 0.15) is 5.75 Å². The fourth-order valence-electron chi connectivity index (χ4n) is 2.18. The molecule has 0 fully saturated rings. The number of anilines is 2. The molecule has 0 saturated heterocycles. The van der Waals surface area contributed by atoms with E-state index >= 15 is 0 Å². The lowest BCUT2D eigenvalue weighted by Gasteiger charge is -2.17. The summed E-state index contributed by atoms with van der Waals surface area (Å²) >= 11 is 0. The van der Waals surface area contributed by atoms with E-state index in [1.54, 1.807) is 6.92 Å². The molecule has 0 aliphatic rings. The van der Waals surface area contributed by atoms with Crippen LogP contribution in [0.1, 0.15) is 18.1 Å². The number of amides is 1. The summed E-state index contributed by atoms with van der Waals surface area (Å²) in [4.78, 5) is 14.3. The molecule has 0 radical (unpaired) electrons. The van der Waals surface area contributed by atoms with E-state index < -0.39 is 6.10 Å². The first-order valence-corrected chi connectivity index (χ1v) is 7.69. The van der Waals surface area contributed by atoms with Gasteiger partial charge < -0.3 is 15.0 Å². The van der Waals surface area contributed by atoms with Crippen molar-refractivity contribution in [2.45, 2.75) is 26.9 Å². The third-order valence-corrected chi connectivity index (χ3v) is 3.88. The fourth-order valence-corrected chi connectivity index (χ4v) is 2.18. The van der Waals surface area contributed by atoms with Crippen molar-refractivity contribution in [1.29, 1.82) is 0 Å². The minimum Gasteiger partial charge on any atom is -0.481 e. The Bertz CT molecular complexity index is 678. The Kier molecular flexibility index (Phi) is 5.27. The van der Waals surface area contributed by atoms with Gasteiger partial charge in [0.2, 0.25) is 0 Å². The van der Waals surface area contributed by atoms with Crippen molar-refractivity contribution in [3.63, 3.8) is 0 Å². The van der Waals surface area contributed by atoms with Crippen LogP contribution in [0.3, 0.4) is 0 Å². The largest absolute Gasteiger partial charge is 0.481 e. The average Bonchev–Trinajstić information content (AvgIpc) is 2.52. The molecule has 0 heterocycles. The highest BCUT2D eigenvalue weighted by atomic mass is 16.5. The molecule has 4 nitrogen and oxygen atoms in total. The zero-order valence-electron chi connectivity index (χ0n) is 14.4. The third-order valence-electron chi connectivity index (χ3n) is 3.88. The Labute approximate surface area is 138 Å². The van der Waals surface area contributed by atoms with Crippen LogP contribution in [-0.2, 0) is 4.79 Å². The normalized spacial score (nSPS) is 11.7. The minimum atomic E-state index is -0.566. The van der Waals surface area contributed by atoms with Crippen LogP contribution in [0.15, 0.2) is 42.5 Å². The summed E-state index contributed by atoms with van der Waals surface area (Å²) in [6, 6.07) is 13.5. The first-order chi connectivity index (χ1) is 10.9. The molecule has 2 aromatic carbocycles. The molecular formula is C19H24N2O2. The summed E-state index contributed by atoms with van der Waals surface area (Å²) in [7, 11) is 3.96. The molecule has 0 aromatic heterocycles. The van der Waals surface area contributed by atoms with Gasteiger partial charge in [0, 0.05) is 25.5 Å². The van der Waals surface area contributed by atoms with Gasteiger partial charge in [0.05, 0.1) is 0 Å². The maximum atomic E-state index is 12.3. The molecule has 122 valence electrons. The topological polar surface area (TPSA) is 41.6 Å². The molecule has 0 spiro atoms. The van der Waals surface area contributed by atoms with E-state index in [0.717, 1.165) is 28.3 Å². The van der Waals surface area contributed by atoms with Crippen molar-refractivity contribution in [3.8, 4) is 5.75 Å². The monoisotopic (exact) mass is 312 g/mol. The van der Waals surface area contributed by atoms with Gasteiger partial charge in [0.25, 0.3) is 5.91 Å². The summed E-state index contributed by atoms with van der Waals surface area (Å²) in [6.45, 7) is 5.78. The Morgan fingerprint density at radius 1 is 1.09 bits per heavy atom. The molecule has 1 atom stereocenters. The number of hydrogen-bond donors (Lipinski definition) is 1. The van der Waals surface area contributed by atoms with Crippen LogP contribution in [0.2, 0.25) is 0 Å². The maximum Gasteiger partial charge on any atom is 0.265 e. The predicted octanol–water partition coefficient (Wildman–Crippen LogP) is 3.78. The number of nitrogens with zero attached hydrogens (tertiary/aromatic N) is 1. The summed E-state index contributed by atoms with van der Waals surface area (Å²) < 4.78 is 5.80. The number of hydrogen-bond acceptors (Lipinski definition) is 3. The second kappa shape index (κ2) is 7.18. The maximum absolute atomic E-state index is 12.3. The van der Waals surface area contributed by atoms with Crippen LogP contribution in [0.25, 0.3) is 0 Å². The van der Waals surface area contributed by atoms with Crippen molar-refractivity contribution in [3.05, 3.63) is 53.6 Å². The van der Waals surface area contributed by atoms with E-state index in [9.17, 15) is 4.79 Å². The molecule has 0 saturated carbocycles. The van der Waals surface area contributed by atoms with Gasteiger partial charge in [-0.25, -0.2) is 0 Å². The lowest BCUT2D eigenvalue weighted by Crippen LogP contribution is -2.30. The van der Waals surface area contributed by atoms with Gasteiger partial charge in [-0.05, 0) is 62.2 Å². The van der Waals surface area contributed by atoms with Crippen LogP contribution in [0.5, 0.6) is 5.75 Å². The molecule has 1 N–H and O–H groups in total. The Hall–Kier alpha value is -2.49. The lowest BCUT2D eigenvalue weighted by atomic mass is 10.1. The van der Waals surface area contributed by atoms with E-state index in [-0.39, 0.29) is 5.91 Å². The van der Waals surface area contributed by atoms with Crippen molar-refractivity contribution in [2.75, 3.05) is 24.3 Å². The SMILES string of the molecule is Cc1cccc(OC(C)C(=O)Nc2ccc(N(C)C)cc2)c1C. The Morgan fingerprint density at radius 2 is 1.74 bits per heavy atom. The number of rotatable bonds is 5. The molecule has 2 rings (SSSR count). The average molecular weight is 312 g/mol. The summed E-state index contributed by atoms with van der Waals surface area (Å²) in [6.07, 6.45) is -0.566. The third kappa shape index (κ3) is 4.25. The molecule has 4 heteroatoms. The quantitative estimate of drug-likeness (QED) is 0.913.